The lowest BCUT2D eigenvalue weighted by atomic mass is 10.2. The van der Waals surface area contributed by atoms with Crippen LogP contribution in [0.15, 0.2) is 57.7 Å². The molecule has 26 heavy (non-hydrogen) atoms. The number of nitrogens with zero attached hydrogens (tertiary/aromatic N) is 2. The molecule has 1 aromatic heterocycles. The number of amides is 1. The summed E-state index contributed by atoms with van der Waals surface area (Å²) < 4.78 is 31.8. The van der Waals surface area contributed by atoms with Crippen LogP contribution in [0.4, 0.5) is 8.78 Å². The Labute approximate surface area is 147 Å². The van der Waals surface area contributed by atoms with Crippen molar-refractivity contribution in [3.63, 3.8) is 0 Å². The molecule has 0 aliphatic carbocycles. The van der Waals surface area contributed by atoms with Crippen LogP contribution in [0, 0.1) is 11.6 Å². The summed E-state index contributed by atoms with van der Waals surface area (Å²) >= 11 is 0. The predicted molar refractivity (Wildman–Crippen MR) is 89.1 cm³/mol. The topological polar surface area (TPSA) is 77.1 Å². The standard InChI is InChI=1S/C18H15F2N3O3/c1-11(16(24)21-10-12-2-6-14(19)7-3-12)23-18(25)26-17(22-23)13-4-8-15(20)9-5-13/h2-9,11H,10H2,1H3,(H,21,24). The summed E-state index contributed by atoms with van der Waals surface area (Å²) in [4.78, 5) is 24.2. The molecule has 0 radical (unpaired) electrons. The van der Waals surface area contributed by atoms with Crippen LogP contribution in [0.2, 0.25) is 0 Å². The molecule has 0 spiro atoms. The molecule has 1 N–H and O–H groups in total. The Bertz CT molecular complexity index is 963. The van der Waals surface area contributed by atoms with Crippen molar-refractivity contribution in [2.75, 3.05) is 0 Å². The predicted octanol–water partition coefficient (Wildman–Crippen LogP) is 2.66. The van der Waals surface area contributed by atoms with Gasteiger partial charge in [-0.3, -0.25) is 4.79 Å². The Morgan fingerprint density at radius 1 is 1.12 bits per heavy atom. The third-order valence-electron chi connectivity index (χ3n) is 3.79. The van der Waals surface area contributed by atoms with Gasteiger partial charge in [-0.1, -0.05) is 12.1 Å². The van der Waals surface area contributed by atoms with Crippen LogP contribution in [0.5, 0.6) is 0 Å². The summed E-state index contributed by atoms with van der Waals surface area (Å²) in [5.74, 6) is -2.04. The molecule has 8 heteroatoms. The van der Waals surface area contributed by atoms with E-state index in [1.165, 1.54) is 43.3 Å². The van der Waals surface area contributed by atoms with Crippen molar-refractivity contribution < 1.29 is 18.0 Å². The molecule has 1 amide bonds. The van der Waals surface area contributed by atoms with E-state index in [1.807, 2.05) is 0 Å². The van der Waals surface area contributed by atoms with Crippen molar-refractivity contribution in [3.05, 3.63) is 76.3 Å². The highest BCUT2D eigenvalue weighted by Gasteiger charge is 2.21. The molecule has 0 bridgehead atoms. The van der Waals surface area contributed by atoms with Crippen LogP contribution in [-0.2, 0) is 11.3 Å². The molecule has 0 aliphatic heterocycles. The highest BCUT2D eigenvalue weighted by Crippen LogP contribution is 2.16. The highest BCUT2D eigenvalue weighted by atomic mass is 19.1. The molecule has 0 saturated carbocycles. The second kappa shape index (κ2) is 7.30. The van der Waals surface area contributed by atoms with E-state index in [0.717, 1.165) is 4.68 Å². The van der Waals surface area contributed by atoms with Gasteiger partial charge in [0.05, 0.1) is 0 Å². The molecular weight excluding hydrogens is 344 g/mol. The largest absolute Gasteiger partial charge is 0.438 e. The van der Waals surface area contributed by atoms with Crippen molar-refractivity contribution in [1.82, 2.24) is 15.1 Å². The average Bonchev–Trinajstić information content (AvgIpc) is 3.02. The highest BCUT2D eigenvalue weighted by molar-refractivity contribution is 5.79. The van der Waals surface area contributed by atoms with Gasteiger partial charge in [0, 0.05) is 12.1 Å². The summed E-state index contributed by atoms with van der Waals surface area (Å²) in [7, 11) is 0. The summed E-state index contributed by atoms with van der Waals surface area (Å²) in [6.07, 6.45) is 0. The molecule has 2 aromatic carbocycles. The van der Waals surface area contributed by atoms with Crippen LogP contribution in [-0.4, -0.2) is 15.7 Å². The number of hydrogen-bond acceptors (Lipinski definition) is 4. The van der Waals surface area contributed by atoms with Gasteiger partial charge in [0.15, 0.2) is 0 Å². The van der Waals surface area contributed by atoms with Gasteiger partial charge in [-0.25, -0.2) is 13.6 Å². The number of carbonyl (C=O) groups is 1. The van der Waals surface area contributed by atoms with E-state index in [1.54, 1.807) is 12.1 Å². The fraction of sp³-hybridized carbons (Fsp3) is 0.167. The molecule has 1 unspecified atom stereocenters. The number of aromatic nitrogens is 2. The van der Waals surface area contributed by atoms with Gasteiger partial charge in [-0.2, -0.15) is 4.68 Å². The Balaban J connectivity index is 1.71. The zero-order valence-electron chi connectivity index (χ0n) is 13.8. The Hall–Kier alpha value is -3.29. The number of nitrogens with one attached hydrogen (secondary N) is 1. The first-order valence-electron chi connectivity index (χ1n) is 7.82. The van der Waals surface area contributed by atoms with E-state index in [9.17, 15) is 18.4 Å². The first-order chi connectivity index (χ1) is 12.4. The smallest absolute Gasteiger partial charge is 0.388 e. The summed E-state index contributed by atoms with van der Waals surface area (Å²) in [6, 6.07) is 10.0. The van der Waals surface area contributed by atoms with Gasteiger partial charge in [0.1, 0.15) is 17.7 Å². The van der Waals surface area contributed by atoms with Gasteiger partial charge < -0.3 is 9.73 Å². The monoisotopic (exact) mass is 359 g/mol. The van der Waals surface area contributed by atoms with Crippen LogP contribution >= 0.6 is 0 Å². The maximum Gasteiger partial charge on any atom is 0.438 e. The van der Waals surface area contributed by atoms with Crippen LogP contribution < -0.4 is 11.1 Å². The summed E-state index contributed by atoms with van der Waals surface area (Å²) in [5.41, 5.74) is 1.13. The van der Waals surface area contributed by atoms with Crippen molar-refractivity contribution in [2.24, 2.45) is 0 Å². The Kier molecular flexibility index (Phi) is 4.92. The van der Waals surface area contributed by atoms with Crippen molar-refractivity contribution in [1.29, 1.82) is 0 Å². The molecule has 0 saturated heterocycles. The average molecular weight is 359 g/mol. The lowest BCUT2D eigenvalue weighted by Gasteiger charge is -2.11. The number of benzene rings is 2. The Morgan fingerprint density at radius 2 is 1.69 bits per heavy atom. The van der Waals surface area contributed by atoms with Gasteiger partial charge >= 0.3 is 5.76 Å². The van der Waals surface area contributed by atoms with E-state index in [-0.39, 0.29) is 18.3 Å². The molecule has 1 atom stereocenters. The Morgan fingerprint density at radius 3 is 2.31 bits per heavy atom. The normalized spacial score (nSPS) is 12.0. The van der Waals surface area contributed by atoms with Crippen molar-refractivity contribution in [3.8, 4) is 11.5 Å². The lowest BCUT2D eigenvalue weighted by molar-refractivity contribution is -0.124. The first-order valence-corrected chi connectivity index (χ1v) is 7.82. The van der Waals surface area contributed by atoms with E-state index >= 15 is 0 Å². The zero-order chi connectivity index (χ0) is 18.7. The molecule has 6 nitrogen and oxygen atoms in total. The van der Waals surface area contributed by atoms with Crippen molar-refractivity contribution >= 4 is 5.91 Å². The number of rotatable bonds is 5. The lowest BCUT2D eigenvalue weighted by Crippen LogP contribution is -2.34. The SMILES string of the molecule is CC(C(=O)NCc1ccc(F)cc1)n1nc(-c2ccc(F)cc2)oc1=O. The van der Waals surface area contributed by atoms with Gasteiger partial charge in [0.2, 0.25) is 11.8 Å². The molecule has 0 aliphatic rings. The fourth-order valence-electron chi connectivity index (χ4n) is 2.29. The van der Waals surface area contributed by atoms with Crippen LogP contribution in [0.3, 0.4) is 0 Å². The second-order valence-corrected chi connectivity index (χ2v) is 5.64. The fourth-order valence-corrected chi connectivity index (χ4v) is 2.29. The minimum atomic E-state index is -0.916. The summed E-state index contributed by atoms with van der Waals surface area (Å²) in [5, 5.41) is 6.65. The molecule has 0 fully saturated rings. The molecular formula is C18H15F2N3O3. The maximum atomic E-state index is 13.0. The van der Waals surface area contributed by atoms with Crippen LogP contribution in [0.1, 0.15) is 18.5 Å². The third kappa shape index (κ3) is 3.85. The number of halogens is 2. The van der Waals surface area contributed by atoms with Crippen LogP contribution in [0.25, 0.3) is 11.5 Å². The van der Waals surface area contributed by atoms with E-state index in [0.29, 0.717) is 11.1 Å². The number of carbonyl (C=O) groups excluding carboxylic acids is 1. The van der Waals surface area contributed by atoms with Gasteiger partial charge in [-0.05, 0) is 48.9 Å². The molecule has 3 rings (SSSR count). The summed E-state index contributed by atoms with van der Waals surface area (Å²) in [6.45, 7) is 1.68. The third-order valence-corrected chi connectivity index (χ3v) is 3.79. The molecule has 1 heterocycles. The number of hydrogen-bond donors (Lipinski definition) is 1. The minimum absolute atomic E-state index is 0.00631. The molecule has 3 aromatic rings. The van der Waals surface area contributed by atoms with Gasteiger partial charge in [0.25, 0.3) is 0 Å². The quantitative estimate of drug-likeness (QED) is 0.760. The maximum absolute atomic E-state index is 13.0. The molecule has 134 valence electrons. The van der Waals surface area contributed by atoms with E-state index < -0.39 is 23.5 Å². The first kappa shape index (κ1) is 17.5. The van der Waals surface area contributed by atoms with E-state index in [2.05, 4.69) is 10.4 Å². The zero-order valence-corrected chi connectivity index (χ0v) is 13.8. The van der Waals surface area contributed by atoms with E-state index in [4.69, 9.17) is 4.42 Å². The second-order valence-electron chi connectivity index (χ2n) is 5.64. The van der Waals surface area contributed by atoms with Gasteiger partial charge in [-0.15, -0.1) is 5.10 Å². The van der Waals surface area contributed by atoms with Crippen molar-refractivity contribution in [2.45, 2.75) is 19.5 Å². The minimum Gasteiger partial charge on any atom is -0.388 e.